The van der Waals surface area contributed by atoms with Crippen molar-refractivity contribution in [2.75, 3.05) is 44.5 Å². The molecule has 0 spiro atoms. The van der Waals surface area contributed by atoms with E-state index in [4.69, 9.17) is 14.2 Å². The minimum absolute atomic E-state index is 0.222. The van der Waals surface area contributed by atoms with Crippen molar-refractivity contribution >= 4 is 21.6 Å². The van der Waals surface area contributed by atoms with Crippen LogP contribution in [0.2, 0.25) is 0 Å². The zero-order valence-corrected chi connectivity index (χ0v) is 16.9. The second-order valence-corrected chi connectivity index (χ2v) is 7.73. The summed E-state index contributed by atoms with van der Waals surface area (Å²) in [5.41, 5.74) is 0.222. The first-order valence-corrected chi connectivity index (χ1v) is 10.3. The van der Waals surface area contributed by atoms with Gasteiger partial charge in [-0.3, -0.25) is 9.10 Å². The number of carbonyl (C=O) groups is 1. The summed E-state index contributed by atoms with van der Waals surface area (Å²) in [5, 5.41) is 2.65. The summed E-state index contributed by atoms with van der Waals surface area (Å²) in [7, 11) is -0.847. The first-order valence-electron chi connectivity index (χ1n) is 8.49. The summed E-state index contributed by atoms with van der Waals surface area (Å²) in [6.07, 6.45) is 1.03. The van der Waals surface area contributed by atoms with Gasteiger partial charge in [-0.2, -0.15) is 0 Å². The summed E-state index contributed by atoms with van der Waals surface area (Å²) in [4.78, 5) is 12.3. The number of rotatable bonds is 10. The van der Waals surface area contributed by atoms with Crippen molar-refractivity contribution in [2.24, 2.45) is 0 Å². The molecule has 0 heterocycles. The van der Waals surface area contributed by atoms with Crippen molar-refractivity contribution in [3.63, 3.8) is 0 Å². The molecule has 1 N–H and O–H groups in total. The lowest BCUT2D eigenvalue weighted by Gasteiger charge is -2.24. The number of methoxy groups -OCH3 is 2. The van der Waals surface area contributed by atoms with Gasteiger partial charge >= 0.3 is 0 Å². The number of nitrogens with zero attached hydrogens (tertiary/aromatic N) is 1. The summed E-state index contributed by atoms with van der Waals surface area (Å²) >= 11 is 0. The third kappa shape index (κ3) is 6.05. The average molecular weight is 408 g/mol. The number of para-hydroxylation sites is 1. The maximum absolute atomic E-state index is 12.3. The van der Waals surface area contributed by atoms with E-state index in [1.165, 1.54) is 20.3 Å². The molecule has 0 aliphatic heterocycles. The Morgan fingerprint density at radius 2 is 1.75 bits per heavy atom. The van der Waals surface area contributed by atoms with Gasteiger partial charge in [0, 0.05) is 6.07 Å². The Kier molecular flexibility index (Phi) is 7.51. The largest absolute Gasteiger partial charge is 0.497 e. The fourth-order valence-corrected chi connectivity index (χ4v) is 3.29. The third-order valence-electron chi connectivity index (χ3n) is 3.78. The van der Waals surface area contributed by atoms with Gasteiger partial charge < -0.3 is 19.5 Å². The van der Waals surface area contributed by atoms with Crippen LogP contribution in [0.4, 0.5) is 5.69 Å². The number of hydrogen-bond acceptors (Lipinski definition) is 6. The van der Waals surface area contributed by atoms with E-state index in [9.17, 15) is 13.2 Å². The summed E-state index contributed by atoms with van der Waals surface area (Å²) in [5.74, 6) is 0.982. The van der Waals surface area contributed by atoms with Crippen molar-refractivity contribution in [3.8, 4) is 17.2 Å². The number of nitrogens with one attached hydrogen (secondary N) is 1. The Morgan fingerprint density at radius 1 is 1.04 bits per heavy atom. The molecule has 2 rings (SSSR count). The van der Waals surface area contributed by atoms with Gasteiger partial charge in [-0.15, -0.1) is 0 Å². The third-order valence-corrected chi connectivity index (χ3v) is 4.90. The maximum atomic E-state index is 12.3. The number of anilines is 1. The topological polar surface area (TPSA) is 94.2 Å². The van der Waals surface area contributed by atoms with Gasteiger partial charge in [0.05, 0.1) is 32.7 Å². The van der Waals surface area contributed by atoms with Crippen LogP contribution in [0, 0.1) is 0 Å². The zero-order chi connectivity index (χ0) is 20.6. The molecule has 8 nitrogen and oxygen atoms in total. The highest BCUT2D eigenvalue weighted by Crippen LogP contribution is 2.33. The smallest absolute Gasteiger partial charge is 0.240 e. The normalized spacial score (nSPS) is 10.8. The molecule has 2 aromatic rings. The molecular formula is C19H24N2O6S. The minimum Gasteiger partial charge on any atom is -0.497 e. The molecule has 2 aromatic carbocycles. The monoisotopic (exact) mass is 408 g/mol. The molecule has 0 atom stereocenters. The number of ether oxygens (including phenoxy) is 3. The lowest BCUT2D eigenvalue weighted by molar-refractivity contribution is -0.119. The zero-order valence-electron chi connectivity index (χ0n) is 16.0. The van der Waals surface area contributed by atoms with E-state index in [2.05, 4.69) is 5.32 Å². The van der Waals surface area contributed by atoms with E-state index < -0.39 is 22.5 Å². The van der Waals surface area contributed by atoms with E-state index in [0.717, 1.165) is 10.6 Å². The van der Waals surface area contributed by atoms with Crippen molar-refractivity contribution in [1.82, 2.24) is 5.32 Å². The van der Waals surface area contributed by atoms with Gasteiger partial charge in [-0.05, 0) is 24.3 Å². The molecule has 0 radical (unpaired) electrons. The SMILES string of the molecule is COc1ccc(OC)c(N(CC(=O)NCCOc2ccccc2)S(C)(=O)=O)c1. The predicted octanol–water partition coefficient (Wildman–Crippen LogP) is 1.66. The van der Waals surface area contributed by atoms with E-state index in [-0.39, 0.29) is 18.8 Å². The molecule has 9 heteroatoms. The van der Waals surface area contributed by atoms with Crippen LogP contribution in [0.3, 0.4) is 0 Å². The van der Waals surface area contributed by atoms with Crippen molar-refractivity contribution < 1.29 is 27.4 Å². The highest BCUT2D eigenvalue weighted by Gasteiger charge is 2.24. The van der Waals surface area contributed by atoms with Crippen molar-refractivity contribution in [1.29, 1.82) is 0 Å². The van der Waals surface area contributed by atoms with E-state index in [0.29, 0.717) is 17.2 Å². The Balaban J connectivity index is 2.03. The molecule has 0 fully saturated rings. The van der Waals surface area contributed by atoms with Gasteiger partial charge in [0.2, 0.25) is 15.9 Å². The lowest BCUT2D eigenvalue weighted by atomic mass is 10.2. The van der Waals surface area contributed by atoms with Gasteiger partial charge in [0.15, 0.2) is 0 Å². The molecule has 0 saturated heterocycles. The van der Waals surface area contributed by atoms with Crippen LogP contribution in [0.15, 0.2) is 48.5 Å². The molecular weight excluding hydrogens is 384 g/mol. The number of benzene rings is 2. The quantitative estimate of drug-likeness (QED) is 0.601. The fraction of sp³-hybridized carbons (Fsp3) is 0.316. The highest BCUT2D eigenvalue weighted by atomic mass is 32.2. The fourth-order valence-electron chi connectivity index (χ4n) is 2.44. The van der Waals surface area contributed by atoms with Crippen LogP contribution >= 0.6 is 0 Å². The van der Waals surface area contributed by atoms with Gasteiger partial charge in [0.1, 0.15) is 30.4 Å². The van der Waals surface area contributed by atoms with Crippen LogP contribution in [0.25, 0.3) is 0 Å². The summed E-state index contributed by atoms with van der Waals surface area (Å²) < 4.78 is 41.4. The molecule has 0 unspecified atom stereocenters. The van der Waals surface area contributed by atoms with E-state index >= 15 is 0 Å². The highest BCUT2D eigenvalue weighted by molar-refractivity contribution is 7.92. The van der Waals surface area contributed by atoms with E-state index in [1.807, 2.05) is 30.3 Å². The summed E-state index contributed by atoms with van der Waals surface area (Å²) in [6, 6.07) is 13.9. The second-order valence-electron chi connectivity index (χ2n) is 5.82. The Labute approximate surface area is 165 Å². The standard InChI is InChI=1S/C19H24N2O6S/c1-25-16-9-10-18(26-2)17(13-16)21(28(3,23)24)14-19(22)20-11-12-27-15-7-5-4-6-8-15/h4-10,13H,11-12,14H2,1-3H3,(H,20,22). The van der Waals surface area contributed by atoms with Crippen molar-refractivity contribution in [3.05, 3.63) is 48.5 Å². The minimum atomic E-state index is -3.74. The Morgan fingerprint density at radius 3 is 2.36 bits per heavy atom. The van der Waals surface area contributed by atoms with Crippen LogP contribution < -0.4 is 23.8 Å². The first kappa shape index (κ1) is 21.4. The molecule has 28 heavy (non-hydrogen) atoms. The van der Waals surface area contributed by atoms with Crippen LogP contribution in [-0.4, -0.2) is 54.5 Å². The van der Waals surface area contributed by atoms with Gasteiger partial charge in [-0.25, -0.2) is 8.42 Å². The molecule has 152 valence electrons. The Bertz CT molecular complexity index is 887. The predicted molar refractivity (Wildman–Crippen MR) is 107 cm³/mol. The van der Waals surface area contributed by atoms with Gasteiger partial charge in [0.25, 0.3) is 0 Å². The molecule has 1 amide bonds. The number of amides is 1. The lowest BCUT2D eigenvalue weighted by Crippen LogP contribution is -2.41. The molecule has 0 aliphatic rings. The number of carbonyl (C=O) groups excluding carboxylic acids is 1. The van der Waals surface area contributed by atoms with Crippen LogP contribution in [0.5, 0.6) is 17.2 Å². The number of sulfonamides is 1. The maximum Gasteiger partial charge on any atom is 0.240 e. The molecule has 0 aromatic heterocycles. The number of hydrogen-bond donors (Lipinski definition) is 1. The first-order chi connectivity index (χ1) is 13.3. The summed E-state index contributed by atoms with van der Waals surface area (Å²) in [6.45, 7) is 0.103. The molecule has 0 aliphatic carbocycles. The average Bonchev–Trinajstić information content (AvgIpc) is 2.69. The van der Waals surface area contributed by atoms with Crippen molar-refractivity contribution in [2.45, 2.75) is 0 Å². The Hall–Kier alpha value is -2.94. The van der Waals surface area contributed by atoms with Crippen LogP contribution in [-0.2, 0) is 14.8 Å². The van der Waals surface area contributed by atoms with E-state index in [1.54, 1.807) is 12.1 Å². The second kappa shape index (κ2) is 9.84. The van der Waals surface area contributed by atoms with Gasteiger partial charge in [-0.1, -0.05) is 18.2 Å². The molecule has 0 saturated carbocycles. The van der Waals surface area contributed by atoms with Crippen LogP contribution in [0.1, 0.15) is 0 Å². The molecule has 0 bridgehead atoms.